The van der Waals surface area contributed by atoms with Gasteiger partial charge in [0.2, 0.25) is 0 Å². The summed E-state index contributed by atoms with van der Waals surface area (Å²) in [6.45, 7) is 3.55. The first-order valence-electron chi connectivity index (χ1n) is 6.67. The Labute approximate surface area is 103 Å². The Morgan fingerprint density at radius 3 is 2.59 bits per heavy atom. The molecule has 0 aromatic rings. The lowest BCUT2D eigenvalue weighted by molar-refractivity contribution is -0.159. The number of piperidine rings is 1. The van der Waals surface area contributed by atoms with Crippen LogP contribution in [0.2, 0.25) is 0 Å². The molecule has 0 bridgehead atoms. The minimum absolute atomic E-state index is 0.256. The van der Waals surface area contributed by atoms with Crippen molar-refractivity contribution in [1.29, 1.82) is 0 Å². The van der Waals surface area contributed by atoms with Crippen LogP contribution >= 0.6 is 0 Å². The van der Waals surface area contributed by atoms with Crippen molar-refractivity contribution < 1.29 is 15.0 Å². The predicted octanol–water partition coefficient (Wildman–Crippen LogP) is 1.33. The number of hydrogen-bond acceptors (Lipinski definition) is 3. The molecule has 1 saturated heterocycles. The van der Waals surface area contributed by atoms with E-state index in [0.29, 0.717) is 0 Å². The van der Waals surface area contributed by atoms with Crippen LogP contribution in [-0.4, -0.2) is 46.3 Å². The average molecular weight is 241 g/mol. The molecule has 2 N–H and O–H groups in total. The summed E-state index contributed by atoms with van der Waals surface area (Å²) in [5, 5.41) is 18.7. The van der Waals surface area contributed by atoms with Gasteiger partial charge < -0.3 is 10.2 Å². The number of carbonyl (C=O) groups is 1. The third kappa shape index (κ3) is 2.99. The number of likely N-dealkylation sites (tertiary alicyclic amines) is 1. The quantitative estimate of drug-likeness (QED) is 0.782. The Bertz CT molecular complexity index is 290. The van der Waals surface area contributed by atoms with Crippen molar-refractivity contribution in [3.05, 3.63) is 0 Å². The monoisotopic (exact) mass is 241 g/mol. The Balaban J connectivity index is 1.89. The fourth-order valence-corrected chi connectivity index (χ4v) is 3.32. The van der Waals surface area contributed by atoms with E-state index < -0.39 is 11.6 Å². The summed E-state index contributed by atoms with van der Waals surface area (Å²) >= 11 is 0. The molecule has 4 nitrogen and oxygen atoms in total. The van der Waals surface area contributed by atoms with Gasteiger partial charge >= 0.3 is 5.97 Å². The van der Waals surface area contributed by atoms with Gasteiger partial charge in [-0.1, -0.05) is 19.3 Å². The summed E-state index contributed by atoms with van der Waals surface area (Å²) in [7, 11) is 0. The molecule has 2 fully saturated rings. The van der Waals surface area contributed by atoms with Gasteiger partial charge in [0, 0.05) is 13.1 Å². The lowest BCUT2D eigenvalue weighted by Crippen LogP contribution is -2.51. The summed E-state index contributed by atoms with van der Waals surface area (Å²) in [5.74, 6) is 0.445. The summed E-state index contributed by atoms with van der Waals surface area (Å²) in [4.78, 5) is 13.0. The van der Waals surface area contributed by atoms with E-state index in [4.69, 9.17) is 5.11 Å². The number of carboxylic acid groups (broad SMARTS) is 1. The topological polar surface area (TPSA) is 60.8 Å². The highest BCUT2D eigenvalue weighted by Gasteiger charge is 2.37. The summed E-state index contributed by atoms with van der Waals surface area (Å²) < 4.78 is 0. The molecule has 0 radical (unpaired) electrons. The Morgan fingerprint density at radius 1 is 1.29 bits per heavy atom. The zero-order valence-electron chi connectivity index (χ0n) is 10.6. The van der Waals surface area contributed by atoms with Gasteiger partial charge in [0.05, 0.1) is 0 Å². The molecule has 1 aliphatic heterocycles. The molecular weight excluding hydrogens is 218 g/mol. The maximum Gasteiger partial charge on any atom is 0.336 e. The van der Waals surface area contributed by atoms with Crippen LogP contribution in [0.15, 0.2) is 0 Å². The molecule has 1 saturated carbocycles. The molecule has 2 aliphatic rings. The van der Waals surface area contributed by atoms with Crippen molar-refractivity contribution in [3.63, 3.8) is 0 Å². The van der Waals surface area contributed by atoms with Crippen molar-refractivity contribution in [2.24, 2.45) is 11.8 Å². The predicted molar refractivity (Wildman–Crippen MR) is 64.8 cm³/mol. The van der Waals surface area contributed by atoms with Gasteiger partial charge in [0.15, 0.2) is 5.60 Å². The van der Waals surface area contributed by atoms with Gasteiger partial charge in [-0.2, -0.15) is 0 Å². The van der Waals surface area contributed by atoms with E-state index in [0.717, 1.165) is 24.9 Å². The molecule has 1 heterocycles. The number of carboxylic acids is 1. The van der Waals surface area contributed by atoms with Crippen molar-refractivity contribution in [1.82, 2.24) is 4.90 Å². The highest BCUT2D eigenvalue weighted by atomic mass is 16.4. The number of aliphatic hydroxyl groups is 1. The number of β-amino-alcohol motifs (C(OH)–C–C–N with tert-alkyl or cyclic N) is 1. The Morgan fingerprint density at radius 2 is 1.94 bits per heavy atom. The van der Waals surface area contributed by atoms with Crippen LogP contribution in [0, 0.1) is 11.8 Å². The maximum atomic E-state index is 10.9. The second-order valence-corrected chi connectivity index (χ2v) is 5.91. The van der Waals surface area contributed by atoms with Gasteiger partial charge in [-0.15, -0.1) is 0 Å². The molecule has 1 aliphatic carbocycles. The van der Waals surface area contributed by atoms with E-state index in [1.165, 1.54) is 39.0 Å². The van der Waals surface area contributed by atoms with Crippen LogP contribution < -0.4 is 0 Å². The van der Waals surface area contributed by atoms with Crippen molar-refractivity contribution >= 4 is 5.97 Å². The lowest BCUT2D eigenvalue weighted by atomic mass is 9.75. The standard InChI is InChI=1S/C13H23NO3/c1-13(17,12(15)16)9-14-7-6-10-4-2-3-5-11(10)8-14/h10-11,17H,2-9H2,1H3,(H,15,16). The first kappa shape index (κ1) is 12.8. The minimum Gasteiger partial charge on any atom is -0.479 e. The number of aliphatic carboxylic acids is 1. The van der Waals surface area contributed by atoms with E-state index in [1.807, 2.05) is 0 Å². The SMILES string of the molecule is CC(O)(CN1CCC2CCCCC2C1)C(=O)O. The summed E-state index contributed by atoms with van der Waals surface area (Å²) in [6.07, 6.45) is 6.45. The van der Waals surface area contributed by atoms with Crippen molar-refractivity contribution in [3.8, 4) is 0 Å². The average Bonchev–Trinajstić information content (AvgIpc) is 2.28. The van der Waals surface area contributed by atoms with Crippen LogP contribution in [-0.2, 0) is 4.79 Å². The third-order valence-corrected chi connectivity index (χ3v) is 4.37. The van der Waals surface area contributed by atoms with Crippen LogP contribution in [0.3, 0.4) is 0 Å². The highest BCUT2D eigenvalue weighted by Crippen LogP contribution is 2.36. The van der Waals surface area contributed by atoms with Crippen LogP contribution in [0.5, 0.6) is 0 Å². The van der Waals surface area contributed by atoms with Crippen LogP contribution in [0.4, 0.5) is 0 Å². The second kappa shape index (κ2) is 4.94. The second-order valence-electron chi connectivity index (χ2n) is 5.91. The molecule has 0 amide bonds. The molecule has 4 heteroatoms. The Hall–Kier alpha value is -0.610. The van der Waals surface area contributed by atoms with E-state index in [1.54, 1.807) is 0 Å². The van der Waals surface area contributed by atoms with Crippen molar-refractivity contribution in [2.75, 3.05) is 19.6 Å². The summed E-state index contributed by atoms with van der Waals surface area (Å²) in [5.41, 5.74) is -1.61. The van der Waals surface area contributed by atoms with Gasteiger partial charge in [-0.25, -0.2) is 4.79 Å². The number of nitrogens with zero attached hydrogens (tertiary/aromatic N) is 1. The zero-order chi connectivity index (χ0) is 12.5. The van der Waals surface area contributed by atoms with Crippen molar-refractivity contribution in [2.45, 2.75) is 44.6 Å². The minimum atomic E-state index is -1.61. The third-order valence-electron chi connectivity index (χ3n) is 4.37. The summed E-state index contributed by atoms with van der Waals surface area (Å²) in [6, 6.07) is 0. The highest BCUT2D eigenvalue weighted by molar-refractivity contribution is 5.76. The number of hydrogen-bond donors (Lipinski definition) is 2. The fraction of sp³-hybridized carbons (Fsp3) is 0.923. The number of fused-ring (bicyclic) bond motifs is 1. The molecular formula is C13H23NO3. The largest absolute Gasteiger partial charge is 0.479 e. The maximum absolute atomic E-state index is 10.9. The fourth-order valence-electron chi connectivity index (χ4n) is 3.32. The molecule has 3 unspecified atom stereocenters. The Kier molecular flexibility index (Phi) is 3.73. The van der Waals surface area contributed by atoms with Gasteiger partial charge in [-0.3, -0.25) is 4.90 Å². The van der Waals surface area contributed by atoms with Gasteiger partial charge in [0.1, 0.15) is 0 Å². The zero-order valence-corrected chi connectivity index (χ0v) is 10.6. The lowest BCUT2D eigenvalue weighted by Gasteiger charge is -2.42. The molecule has 3 atom stereocenters. The molecule has 0 spiro atoms. The molecule has 0 aromatic carbocycles. The normalized spacial score (nSPS) is 33.8. The molecule has 2 rings (SSSR count). The van der Waals surface area contributed by atoms with E-state index >= 15 is 0 Å². The van der Waals surface area contributed by atoms with E-state index in [-0.39, 0.29) is 6.54 Å². The van der Waals surface area contributed by atoms with Gasteiger partial charge in [-0.05, 0) is 38.1 Å². The molecule has 98 valence electrons. The molecule has 17 heavy (non-hydrogen) atoms. The van der Waals surface area contributed by atoms with E-state index in [2.05, 4.69) is 4.90 Å². The van der Waals surface area contributed by atoms with Crippen LogP contribution in [0.25, 0.3) is 0 Å². The first-order chi connectivity index (χ1) is 7.99. The smallest absolute Gasteiger partial charge is 0.336 e. The van der Waals surface area contributed by atoms with Gasteiger partial charge in [0.25, 0.3) is 0 Å². The van der Waals surface area contributed by atoms with Crippen LogP contribution in [0.1, 0.15) is 39.0 Å². The molecule has 0 aromatic heterocycles. The first-order valence-corrected chi connectivity index (χ1v) is 6.67. The van der Waals surface area contributed by atoms with E-state index in [9.17, 15) is 9.90 Å². The number of rotatable bonds is 3.